The zero-order chi connectivity index (χ0) is 14.8. The Balaban J connectivity index is 1.77. The first-order valence-corrected chi connectivity index (χ1v) is 6.96. The summed E-state index contributed by atoms with van der Waals surface area (Å²) in [7, 11) is 1.69. The highest BCUT2D eigenvalue weighted by Crippen LogP contribution is 2.18. The lowest BCUT2D eigenvalue weighted by Gasteiger charge is -2.18. The number of rotatable bonds is 3. The number of hydrogen-bond acceptors (Lipinski definition) is 2. The van der Waals surface area contributed by atoms with Gasteiger partial charge in [0.15, 0.2) is 0 Å². The largest absolute Gasteiger partial charge is 0.337 e. The third-order valence-corrected chi connectivity index (χ3v) is 3.80. The Morgan fingerprint density at radius 3 is 2.76 bits per heavy atom. The van der Waals surface area contributed by atoms with E-state index < -0.39 is 0 Å². The molecule has 108 valence electrons. The van der Waals surface area contributed by atoms with Crippen LogP contribution >= 0.6 is 0 Å². The molecule has 2 aromatic rings. The van der Waals surface area contributed by atoms with E-state index in [1.54, 1.807) is 30.1 Å². The van der Waals surface area contributed by atoms with Gasteiger partial charge >= 0.3 is 0 Å². The van der Waals surface area contributed by atoms with Gasteiger partial charge in [0.05, 0.1) is 0 Å². The van der Waals surface area contributed by atoms with Gasteiger partial charge in [0.25, 0.3) is 5.91 Å². The molecule has 1 N–H and O–H groups in total. The summed E-state index contributed by atoms with van der Waals surface area (Å²) in [6, 6.07) is 12.3. The first-order valence-electron chi connectivity index (χ1n) is 6.96. The van der Waals surface area contributed by atoms with Gasteiger partial charge in [0, 0.05) is 37.8 Å². The minimum absolute atomic E-state index is 0.0899. The third kappa shape index (κ3) is 2.81. The zero-order valence-electron chi connectivity index (χ0n) is 11.9. The maximum Gasteiger partial charge on any atom is 0.253 e. The molecule has 0 bridgehead atoms. The summed E-state index contributed by atoms with van der Waals surface area (Å²) in [5.41, 5.74) is 3.58. The summed E-state index contributed by atoms with van der Waals surface area (Å²) in [5.74, 6) is -0.372. The topological polar surface area (TPSA) is 32.3 Å². The molecule has 0 radical (unpaired) electrons. The van der Waals surface area contributed by atoms with Crippen LogP contribution in [0, 0.1) is 5.82 Å². The first-order chi connectivity index (χ1) is 10.1. The predicted octanol–water partition coefficient (Wildman–Crippen LogP) is 2.70. The Bertz CT molecular complexity index is 684. The second kappa shape index (κ2) is 5.66. The molecule has 0 aromatic heterocycles. The minimum atomic E-state index is -0.282. The van der Waals surface area contributed by atoms with Crippen molar-refractivity contribution in [2.45, 2.75) is 19.6 Å². The molecule has 0 unspecified atom stereocenters. The summed E-state index contributed by atoms with van der Waals surface area (Å²) in [6.07, 6.45) is 0. The van der Waals surface area contributed by atoms with E-state index >= 15 is 0 Å². The van der Waals surface area contributed by atoms with E-state index in [1.807, 2.05) is 18.2 Å². The second-order valence-corrected chi connectivity index (χ2v) is 5.34. The summed E-state index contributed by atoms with van der Waals surface area (Å²) in [6.45, 7) is 1.92. The number of halogens is 1. The first kappa shape index (κ1) is 13.8. The van der Waals surface area contributed by atoms with E-state index in [-0.39, 0.29) is 18.3 Å². The Morgan fingerprint density at radius 2 is 1.95 bits per heavy atom. The molecule has 0 fully saturated rings. The van der Waals surface area contributed by atoms with Gasteiger partial charge < -0.3 is 10.2 Å². The van der Waals surface area contributed by atoms with Gasteiger partial charge in [-0.3, -0.25) is 4.79 Å². The molecule has 0 atom stereocenters. The predicted molar refractivity (Wildman–Crippen MR) is 79.2 cm³/mol. The fourth-order valence-electron chi connectivity index (χ4n) is 2.60. The fourth-order valence-corrected chi connectivity index (χ4v) is 2.60. The van der Waals surface area contributed by atoms with Crippen molar-refractivity contribution >= 4 is 5.91 Å². The van der Waals surface area contributed by atoms with Crippen molar-refractivity contribution in [2.75, 3.05) is 7.05 Å². The van der Waals surface area contributed by atoms with Crippen molar-refractivity contribution in [2.24, 2.45) is 0 Å². The number of fused-ring (bicyclic) bond motifs is 1. The average Bonchev–Trinajstić information content (AvgIpc) is 2.96. The molecule has 0 saturated carbocycles. The van der Waals surface area contributed by atoms with E-state index in [1.165, 1.54) is 17.2 Å². The minimum Gasteiger partial charge on any atom is -0.337 e. The number of nitrogens with one attached hydrogen (secondary N) is 1. The molecule has 1 aliphatic heterocycles. The van der Waals surface area contributed by atoms with Gasteiger partial charge in [-0.25, -0.2) is 4.39 Å². The molecular weight excluding hydrogens is 267 g/mol. The second-order valence-electron chi connectivity index (χ2n) is 5.34. The van der Waals surface area contributed by atoms with Crippen molar-refractivity contribution < 1.29 is 9.18 Å². The lowest BCUT2D eigenvalue weighted by molar-refractivity contribution is 0.0784. The van der Waals surface area contributed by atoms with E-state index in [0.29, 0.717) is 11.1 Å². The highest BCUT2D eigenvalue weighted by atomic mass is 19.1. The van der Waals surface area contributed by atoms with Crippen molar-refractivity contribution in [1.82, 2.24) is 10.2 Å². The van der Waals surface area contributed by atoms with Gasteiger partial charge in [-0.1, -0.05) is 24.3 Å². The summed E-state index contributed by atoms with van der Waals surface area (Å²) in [4.78, 5) is 14.0. The van der Waals surface area contributed by atoms with Gasteiger partial charge in [-0.15, -0.1) is 0 Å². The smallest absolute Gasteiger partial charge is 0.253 e. The van der Waals surface area contributed by atoms with Gasteiger partial charge in [0.1, 0.15) is 5.82 Å². The lowest BCUT2D eigenvalue weighted by atomic mass is 10.1. The van der Waals surface area contributed by atoms with Crippen LogP contribution in [0.1, 0.15) is 27.0 Å². The zero-order valence-corrected chi connectivity index (χ0v) is 11.9. The molecule has 3 rings (SSSR count). The number of carbonyl (C=O) groups is 1. The van der Waals surface area contributed by atoms with E-state index in [2.05, 4.69) is 5.32 Å². The SMILES string of the molecule is CN(Cc1ccccc1F)C(=O)c1ccc2c(c1)CNC2. The lowest BCUT2D eigenvalue weighted by Crippen LogP contribution is -2.26. The molecule has 0 spiro atoms. The molecule has 3 nitrogen and oxygen atoms in total. The number of nitrogens with zero attached hydrogens (tertiary/aromatic N) is 1. The number of hydrogen-bond donors (Lipinski definition) is 1. The van der Waals surface area contributed by atoms with Crippen molar-refractivity contribution in [3.05, 3.63) is 70.5 Å². The van der Waals surface area contributed by atoms with Crippen LogP contribution in [-0.4, -0.2) is 17.9 Å². The van der Waals surface area contributed by atoms with E-state index in [4.69, 9.17) is 0 Å². The normalized spacial score (nSPS) is 13.0. The van der Waals surface area contributed by atoms with Crippen molar-refractivity contribution in [3.8, 4) is 0 Å². The molecule has 4 heteroatoms. The van der Waals surface area contributed by atoms with Crippen LogP contribution < -0.4 is 5.32 Å². The fraction of sp³-hybridized carbons (Fsp3) is 0.235. The Hall–Kier alpha value is -2.20. The highest BCUT2D eigenvalue weighted by molar-refractivity contribution is 5.94. The van der Waals surface area contributed by atoms with Gasteiger partial charge in [0.2, 0.25) is 0 Å². The summed E-state index contributed by atoms with van der Waals surface area (Å²) >= 11 is 0. The van der Waals surface area contributed by atoms with Gasteiger partial charge in [-0.05, 0) is 29.3 Å². The van der Waals surface area contributed by atoms with Crippen LogP contribution in [-0.2, 0) is 19.6 Å². The van der Waals surface area contributed by atoms with Crippen LogP contribution in [0.2, 0.25) is 0 Å². The Kier molecular flexibility index (Phi) is 3.71. The maximum absolute atomic E-state index is 13.6. The van der Waals surface area contributed by atoms with Crippen LogP contribution in [0.5, 0.6) is 0 Å². The van der Waals surface area contributed by atoms with Gasteiger partial charge in [-0.2, -0.15) is 0 Å². The molecule has 1 amide bonds. The Morgan fingerprint density at radius 1 is 1.19 bits per heavy atom. The molecule has 1 heterocycles. The number of benzene rings is 2. The van der Waals surface area contributed by atoms with E-state index in [0.717, 1.165) is 13.1 Å². The monoisotopic (exact) mass is 284 g/mol. The van der Waals surface area contributed by atoms with Crippen LogP contribution in [0.25, 0.3) is 0 Å². The van der Waals surface area contributed by atoms with Crippen LogP contribution in [0.4, 0.5) is 4.39 Å². The maximum atomic E-state index is 13.6. The number of amides is 1. The summed E-state index contributed by atoms with van der Waals surface area (Å²) in [5, 5.41) is 3.26. The molecule has 0 aliphatic carbocycles. The standard InChI is InChI=1S/C17H17FN2O/c1-20(11-14-4-2-3-5-16(14)18)17(21)12-6-7-13-9-19-10-15(13)8-12/h2-8,19H,9-11H2,1H3. The number of carbonyl (C=O) groups excluding carboxylic acids is 1. The van der Waals surface area contributed by atoms with Crippen LogP contribution in [0.3, 0.4) is 0 Å². The molecule has 2 aromatic carbocycles. The van der Waals surface area contributed by atoms with Crippen LogP contribution in [0.15, 0.2) is 42.5 Å². The molecule has 21 heavy (non-hydrogen) atoms. The van der Waals surface area contributed by atoms with Crippen molar-refractivity contribution in [1.29, 1.82) is 0 Å². The molecule has 0 saturated heterocycles. The molecular formula is C17H17FN2O. The third-order valence-electron chi connectivity index (χ3n) is 3.80. The highest BCUT2D eigenvalue weighted by Gasteiger charge is 2.17. The molecule has 1 aliphatic rings. The quantitative estimate of drug-likeness (QED) is 0.940. The Labute approximate surface area is 123 Å². The van der Waals surface area contributed by atoms with E-state index in [9.17, 15) is 9.18 Å². The van der Waals surface area contributed by atoms with Crippen molar-refractivity contribution in [3.63, 3.8) is 0 Å². The summed E-state index contributed by atoms with van der Waals surface area (Å²) < 4.78 is 13.6. The average molecular weight is 284 g/mol.